The Morgan fingerprint density at radius 3 is 3.06 bits per heavy atom. The average Bonchev–Trinajstić information content (AvgIpc) is 2.85. The predicted octanol–water partition coefficient (Wildman–Crippen LogP) is 1.99. The standard InChI is InChI=1S/C13H17N3O/c1-3-14-8-11-9-15-16(10-11)12-5-4-6-13(7-12)17-2/h4-7,9-10,14H,3,8H2,1-2H3. The molecule has 0 radical (unpaired) electrons. The fourth-order valence-corrected chi connectivity index (χ4v) is 1.61. The van der Waals surface area contributed by atoms with Gasteiger partial charge in [-0.05, 0) is 18.7 Å². The number of aromatic nitrogens is 2. The fourth-order valence-electron chi connectivity index (χ4n) is 1.61. The van der Waals surface area contributed by atoms with E-state index in [0.29, 0.717) is 0 Å². The molecule has 1 aromatic carbocycles. The topological polar surface area (TPSA) is 39.1 Å². The van der Waals surface area contributed by atoms with Crippen LogP contribution in [-0.2, 0) is 6.54 Å². The highest BCUT2D eigenvalue weighted by molar-refractivity contribution is 5.38. The second-order valence-corrected chi connectivity index (χ2v) is 3.77. The van der Waals surface area contributed by atoms with Crippen molar-refractivity contribution in [3.63, 3.8) is 0 Å². The van der Waals surface area contributed by atoms with Crippen LogP contribution in [0.5, 0.6) is 5.75 Å². The van der Waals surface area contributed by atoms with Gasteiger partial charge in [-0.15, -0.1) is 0 Å². The molecule has 0 spiro atoms. The van der Waals surface area contributed by atoms with E-state index in [-0.39, 0.29) is 0 Å². The van der Waals surface area contributed by atoms with E-state index in [2.05, 4.69) is 17.3 Å². The molecule has 4 heteroatoms. The van der Waals surface area contributed by atoms with Gasteiger partial charge in [-0.2, -0.15) is 5.10 Å². The summed E-state index contributed by atoms with van der Waals surface area (Å²) in [7, 11) is 1.67. The number of nitrogens with one attached hydrogen (secondary N) is 1. The predicted molar refractivity (Wildman–Crippen MR) is 67.5 cm³/mol. The average molecular weight is 231 g/mol. The van der Waals surface area contributed by atoms with Crippen molar-refractivity contribution in [2.45, 2.75) is 13.5 Å². The Kier molecular flexibility index (Phi) is 3.77. The lowest BCUT2D eigenvalue weighted by molar-refractivity contribution is 0.414. The van der Waals surface area contributed by atoms with E-state index in [4.69, 9.17) is 4.74 Å². The third-order valence-corrected chi connectivity index (χ3v) is 2.53. The van der Waals surface area contributed by atoms with Gasteiger partial charge in [0.15, 0.2) is 0 Å². The molecule has 0 unspecified atom stereocenters. The first kappa shape index (κ1) is 11.7. The van der Waals surface area contributed by atoms with Crippen LogP contribution >= 0.6 is 0 Å². The van der Waals surface area contributed by atoms with Gasteiger partial charge < -0.3 is 10.1 Å². The molecule has 0 aliphatic rings. The molecule has 0 amide bonds. The van der Waals surface area contributed by atoms with Crippen LogP contribution in [0, 0.1) is 0 Å². The van der Waals surface area contributed by atoms with Gasteiger partial charge in [-0.1, -0.05) is 13.0 Å². The summed E-state index contributed by atoms with van der Waals surface area (Å²) in [6, 6.07) is 7.85. The molecule has 0 atom stereocenters. The zero-order valence-electron chi connectivity index (χ0n) is 10.2. The van der Waals surface area contributed by atoms with E-state index in [1.54, 1.807) is 7.11 Å². The molecule has 0 aliphatic heterocycles. The summed E-state index contributed by atoms with van der Waals surface area (Å²) in [6.45, 7) is 3.90. The lowest BCUT2D eigenvalue weighted by Crippen LogP contribution is -2.10. The van der Waals surface area contributed by atoms with Crippen molar-refractivity contribution in [1.82, 2.24) is 15.1 Å². The SMILES string of the molecule is CCNCc1cnn(-c2cccc(OC)c2)c1. The van der Waals surface area contributed by atoms with Crippen LogP contribution < -0.4 is 10.1 Å². The number of hydrogen-bond acceptors (Lipinski definition) is 3. The van der Waals surface area contributed by atoms with E-state index in [0.717, 1.165) is 24.5 Å². The first-order valence-corrected chi connectivity index (χ1v) is 5.72. The maximum Gasteiger partial charge on any atom is 0.121 e. The van der Waals surface area contributed by atoms with Gasteiger partial charge in [0, 0.05) is 24.4 Å². The molecule has 1 heterocycles. The molecule has 90 valence electrons. The molecular formula is C13H17N3O. The zero-order chi connectivity index (χ0) is 12.1. The molecule has 2 aromatic rings. The summed E-state index contributed by atoms with van der Waals surface area (Å²) in [5.74, 6) is 0.839. The number of methoxy groups -OCH3 is 1. The van der Waals surface area contributed by atoms with Crippen molar-refractivity contribution in [2.24, 2.45) is 0 Å². The highest BCUT2D eigenvalue weighted by atomic mass is 16.5. The normalized spacial score (nSPS) is 10.5. The van der Waals surface area contributed by atoms with Gasteiger partial charge in [0.05, 0.1) is 19.0 Å². The second-order valence-electron chi connectivity index (χ2n) is 3.77. The van der Waals surface area contributed by atoms with Crippen molar-refractivity contribution in [3.8, 4) is 11.4 Å². The van der Waals surface area contributed by atoms with Crippen molar-refractivity contribution in [3.05, 3.63) is 42.2 Å². The molecule has 17 heavy (non-hydrogen) atoms. The van der Waals surface area contributed by atoms with Crippen LogP contribution in [0.3, 0.4) is 0 Å². The van der Waals surface area contributed by atoms with E-state index in [1.165, 1.54) is 5.56 Å². The van der Waals surface area contributed by atoms with Crippen LogP contribution in [0.4, 0.5) is 0 Å². The van der Waals surface area contributed by atoms with Crippen molar-refractivity contribution >= 4 is 0 Å². The van der Waals surface area contributed by atoms with Gasteiger partial charge in [-0.3, -0.25) is 0 Å². The first-order valence-electron chi connectivity index (χ1n) is 5.72. The summed E-state index contributed by atoms with van der Waals surface area (Å²) < 4.78 is 7.05. The van der Waals surface area contributed by atoms with Gasteiger partial charge in [0.1, 0.15) is 5.75 Å². The van der Waals surface area contributed by atoms with Crippen LogP contribution in [-0.4, -0.2) is 23.4 Å². The second kappa shape index (κ2) is 5.50. The number of hydrogen-bond donors (Lipinski definition) is 1. The summed E-state index contributed by atoms with van der Waals surface area (Å²) in [6.07, 6.45) is 3.90. The smallest absolute Gasteiger partial charge is 0.121 e. The van der Waals surface area contributed by atoms with Crippen molar-refractivity contribution < 1.29 is 4.74 Å². The zero-order valence-corrected chi connectivity index (χ0v) is 10.2. The van der Waals surface area contributed by atoms with E-state index >= 15 is 0 Å². The maximum atomic E-state index is 5.19. The van der Waals surface area contributed by atoms with Gasteiger partial charge in [0.25, 0.3) is 0 Å². The number of benzene rings is 1. The highest BCUT2D eigenvalue weighted by Gasteiger charge is 2.01. The van der Waals surface area contributed by atoms with E-state index in [9.17, 15) is 0 Å². The Labute approximate surface area is 101 Å². The molecule has 0 aliphatic carbocycles. The Balaban J connectivity index is 2.18. The summed E-state index contributed by atoms with van der Waals surface area (Å²) in [4.78, 5) is 0. The lowest BCUT2D eigenvalue weighted by Gasteiger charge is -2.04. The minimum atomic E-state index is 0.839. The molecule has 0 saturated carbocycles. The summed E-state index contributed by atoms with van der Waals surface area (Å²) in [5, 5.41) is 7.61. The number of nitrogens with zero attached hydrogens (tertiary/aromatic N) is 2. The monoisotopic (exact) mass is 231 g/mol. The number of rotatable bonds is 5. The minimum Gasteiger partial charge on any atom is -0.497 e. The van der Waals surface area contributed by atoms with Gasteiger partial charge in [-0.25, -0.2) is 4.68 Å². The Morgan fingerprint density at radius 2 is 2.29 bits per heavy atom. The Hall–Kier alpha value is -1.81. The lowest BCUT2D eigenvalue weighted by atomic mass is 10.3. The maximum absolute atomic E-state index is 5.19. The molecule has 0 fully saturated rings. The molecule has 1 N–H and O–H groups in total. The Morgan fingerprint density at radius 1 is 1.41 bits per heavy atom. The first-order chi connectivity index (χ1) is 8.33. The molecule has 0 bridgehead atoms. The van der Waals surface area contributed by atoms with E-state index < -0.39 is 0 Å². The van der Waals surface area contributed by atoms with Crippen LogP contribution in [0.1, 0.15) is 12.5 Å². The summed E-state index contributed by atoms with van der Waals surface area (Å²) in [5.41, 5.74) is 2.18. The third kappa shape index (κ3) is 2.85. The minimum absolute atomic E-state index is 0.839. The van der Waals surface area contributed by atoms with Crippen LogP contribution in [0.2, 0.25) is 0 Å². The number of ether oxygens (including phenoxy) is 1. The fraction of sp³-hybridized carbons (Fsp3) is 0.308. The highest BCUT2D eigenvalue weighted by Crippen LogP contribution is 2.16. The van der Waals surface area contributed by atoms with Gasteiger partial charge in [0.2, 0.25) is 0 Å². The summed E-state index contributed by atoms with van der Waals surface area (Å²) >= 11 is 0. The quantitative estimate of drug-likeness (QED) is 0.855. The van der Waals surface area contributed by atoms with Crippen LogP contribution in [0.25, 0.3) is 5.69 Å². The largest absolute Gasteiger partial charge is 0.497 e. The van der Waals surface area contributed by atoms with E-state index in [1.807, 2.05) is 41.3 Å². The van der Waals surface area contributed by atoms with Crippen molar-refractivity contribution in [2.75, 3.05) is 13.7 Å². The Bertz CT molecular complexity index is 479. The molecule has 4 nitrogen and oxygen atoms in total. The molecule has 2 rings (SSSR count). The van der Waals surface area contributed by atoms with Gasteiger partial charge >= 0.3 is 0 Å². The van der Waals surface area contributed by atoms with Crippen LogP contribution in [0.15, 0.2) is 36.7 Å². The molecular weight excluding hydrogens is 214 g/mol. The third-order valence-electron chi connectivity index (χ3n) is 2.53. The molecule has 0 saturated heterocycles. The molecule has 1 aromatic heterocycles. The van der Waals surface area contributed by atoms with Crippen molar-refractivity contribution in [1.29, 1.82) is 0 Å².